The van der Waals surface area contributed by atoms with Crippen LogP contribution in [0.1, 0.15) is 108 Å². The van der Waals surface area contributed by atoms with E-state index in [9.17, 15) is 38.3 Å². The molecule has 18 nitrogen and oxygen atoms in total. The molecule has 0 aliphatic carbocycles. The molecule has 61 heavy (non-hydrogen) atoms. The van der Waals surface area contributed by atoms with Crippen molar-refractivity contribution in [3.63, 3.8) is 0 Å². The summed E-state index contributed by atoms with van der Waals surface area (Å²) in [5.74, 6) is -0.395. The molecule has 0 spiro atoms. The molecule has 1 N–H and O–H groups in total. The second kappa shape index (κ2) is 18.2. The Morgan fingerprint density at radius 2 is 0.869 bits per heavy atom. The highest BCUT2D eigenvalue weighted by atomic mass is 19.1. The molecule has 9 rings (SSSR count). The second-order valence-corrected chi connectivity index (χ2v) is 15.0. The van der Waals surface area contributed by atoms with Gasteiger partial charge in [-0.1, -0.05) is 0 Å². The summed E-state index contributed by atoms with van der Waals surface area (Å²) in [7, 11) is 6.47. The Hall–Kier alpha value is -5.53. The van der Waals surface area contributed by atoms with E-state index in [1.165, 1.54) is 32.3 Å². The highest BCUT2D eigenvalue weighted by molar-refractivity contribution is 5.98. The highest BCUT2D eigenvalue weighted by Gasteiger charge is 2.47. The third-order valence-corrected chi connectivity index (χ3v) is 12.4. The maximum Gasteiger partial charge on any atom is 0.276 e. The zero-order valence-electron chi connectivity index (χ0n) is 36.8. The number of aliphatic hydroxyl groups excluding tert-OH is 1. The fraction of sp³-hybridized carbons (Fsp3) is 0.571. The minimum Gasteiger partial charge on any atom is -0.491 e. The summed E-state index contributed by atoms with van der Waals surface area (Å²) in [5, 5.41) is 10.3. The number of halogens is 1. The minimum absolute atomic E-state index is 0.0529. The van der Waals surface area contributed by atoms with Gasteiger partial charge in [0.15, 0.2) is 46.8 Å². The molecular formula is C42H55FN6O12. The number of carbonyl (C=O) groups excluding carboxylic acids is 3. The predicted molar refractivity (Wildman–Crippen MR) is 219 cm³/mol. The molecule has 0 aromatic carbocycles. The van der Waals surface area contributed by atoms with Crippen molar-refractivity contribution < 1.29 is 48.9 Å². The van der Waals surface area contributed by atoms with E-state index in [4.69, 9.17) is 25.1 Å². The van der Waals surface area contributed by atoms with Crippen molar-refractivity contribution in [2.75, 3.05) is 62.3 Å². The molecule has 0 fully saturated rings. The van der Waals surface area contributed by atoms with Crippen LogP contribution in [0.4, 0.5) is 4.39 Å². The number of hydrogen-bond acceptors (Lipinski definition) is 12. The van der Waals surface area contributed by atoms with Crippen LogP contribution in [0.25, 0.3) is 0 Å². The number of rotatable bonds is 8. The fourth-order valence-corrected chi connectivity index (χ4v) is 9.90. The monoisotopic (exact) mass is 855 g/mol. The number of amides is 3. The van der Waals surface area contributed by atoms with Gasteiger partial charge in [-0.3, -0.25) is 33.2 Å². The molecule has 3 aromatic rings. The Kier molecular flexibility index (Phi) is 13.0. The molecule has 3 amide bonds. The molecule has 0 saturated heterocycles. The quantitative estimate of drug-likeness (QED) is 0.348. The predicted octanol–water partition coefficient (Wildman–Crippen LogP) is 2.31. The lowest BCUT2D eigenvalue weighted by atomic mass is 10.1. The van der Waals surface area contributed by atoms with Crippen molar-refractivity contribution >= 4 is 17.7 Å². The van der Waals surface area contributed by atoms with Gasteiger partial charge in [-0.25, -0.2) is 0 Å². The zero-order chi connectivity index (χ0) is 45.3. The zero-order valence-corrected chi connectivity index (χ0v) is 35.8. The molecule has 6 atom stereocenters. The maximum atomic E-state index is 12.7. The number of pyridine rings is 3. The Labute approximate surface area is 353 Å². The van der Waals surface area contributed by atoms with Crippen LogP contribution >= 0.6 is 0 Å². The summed E-state index contributed by atoms with van der Waals surface area (Å²) in [4.78, 5) is 78.6. The number of nitrogens with zero attached hydrogens (tertiary/aromatic N) is 6. The summed E-state index contributed by atoms with van der Waals surface area (Å²) in [5.41, 5.74) is 2.87. The molecule has 3 aromatic heterocycles. The number of methoxy groups -OCH3 is 5. The molecular weight excluding hydrogens is 799 g/mol. The molecule has 9 heterocycles. The molecule has 0 radical (unpaired) electrons. The molecule has 6 aliphatic rings. The summed E-state index contributed by atoms with van der Waals surface area (Å²) in [6, 6.07) is 4.57. The Balaban J connectivity index is 0.000000150. The first-order valence-electron chi connectivity index (χ1n) is 21.0. The van der Waals surface area contributed by atoms with E-state index in [-0.39, 0.29) is 87.5 Å². The first kappa shape index (κ1) is 43.6. The largest absolute Gasteiger partial charge is 0.491 e. The van der Waals surface area contributed by atoms with E-state index < -0.39 is 13.4 Å². The highest BCUT2D eigenvalue weighted by Crippen LogP contribution is 2.41. The number of carbonyl (C=O) groups is 3. The third kappa shape index (κ3) is 7.09. The number of alkyl halides is 1. The molecule has 19 heteroatoms. The molecule has 6 aliphatic heterocycles. The van der Waals surface area contributed by atoms with E-state index in [1.807, 2.05) is 23.0 Å². The smallest absolute Gasteiger partial charge is 0.276 e. The van der Waals surface area contributed by atoms with Crippen molar-refractivity contribution in [2.24, 2.45) is 0 Å². The first-order valence-corrected chi connectivity index (χ1v) is 20.3. The van der Waals surface area contributed by atoms with E-state index >= 15 is 0 Å². The van der Waals surface area contributed by atoms with Gasteiger partial charge in [-0.05, 0) is 59.3 Å². The molecule has 0 bridgehead atoms. The van der Waals surface area contributed by atoms with Crippen molar-refractivity contribution in [2.45, 2.75) is 96.1 Å². The minimum atomic E-state index is -1.00. The fourth-order valence-electron chi connectivity index (χ4n) is 9.90. The van der Waals surface area contributed by atoms with Gasteiger partial charge in [-0.2, -0.15) is 0 Å². The Bertz CT molecular complexity index is 2290. The van der Waals surface area contributed by atoms with Crippen LogP contribution in [-0.4, -0.2) is 132 Å². The SMILES string of the molecule is CCN1C(=O)c2c(OC)c(=O)cc3n2C(CC3)C1O.CCN1C(=O)c2c(OC)c(=O)cc3n2[C@@H](CC3)[C@@H]1OC.CCN1C(=O)c2c(OC)c(=O)cc3n2[C@@H](CC3)[C@H]1OC.[2H]CF. The number of aryl methyl sites for hydroxylation is 3. The van der Waals surface area contributed by atoms with Gasteiger partial charge in [-0.15, -0.1) is 0 Å². The van der Waals surface area contributed by atoms with Gasteiger partial charge < -0.3 is 57.2 Å². The first-order chi connectivity index (χ1) is 29.8. The van der Waals surface area contributed by atoms with Crippen molar-refractivity contribution in [1.29, 1.82) is 0 Å². The van der Waals surface area contributed by atoms with Gasteiger partial charge in [0.1, 0.15) is 6.23 Å². The number of aliphatic hydroxyl groups is 1. The van der Waals surface area contributed by atoms with Gasteiger partial charge >= 0.3 is 0 Å². The number of ether oxygens (including phenoxy) is 5. The number of aromatic nitrogens is 3. The van der Waals surface area contributed by atoms with E-state index in [2.05, 4.69) is 0 Å². The van der Waals surface area contributed by atoms with Crippen LogP contribution in [-0.2, 0) is 28.7 Å². The summed E-state index contributed by atoms with van der Waals surface area (Å²) in [6.45, 7) is 7.09. The molecule has 0 saturated carbocycles. The van der Waals surface area contributed by atoms with Crippen LogP contribution in [0.2, 0.25) is 0 Å². The average molecular weight is 856 g/mol. The van der Waals surface area contributed by atoms with Crippen LogP contribution in [0.15, 0.2) is 32.6 Å². The summed E-state index contributed by atoms with van der Waals surface area (Å²) in [6.07, 6.45) is 3.30. The second-order valence-electron chi connectivity index (χ2n) is 15.0. The average Bonchev–Trinajstić information content (AvgIpc) is 4.00. The third-order valence-electron chi connectivity index (χ3n) is 12.4. The van der Waals surface area contributed by atoms with Crippen molar-refractivity contribution in [3.05, 3.63) is 83.0 Å². The van der Waals surface area contributed by atoms with Crippen LogP contribution in [0.3, 0.4) is 0 Å². The summed E-state index contributed by atoms with van der Waals surface area (Å²) < 4.78 is 47.7. The standard InChI is InChI=1S/2C14H18N2O4.C13H16N2O4.CH3F/c2*1-4-15-13(18)11-12(19-2)10(17)7-8-5-6-9(16(8)11)14(15)20-3;1-3-14-12(17)8-5-4-7-6-9(16)11(19-2)10(13(14)18)15(7)8;1-2/h2*7,9,14H,4-6H2,1-3H3;6,8,12,17H,3-5H2,1-2H3;1H3/t9-,14+;9-,14-;;/m00../s1/i;;;1D. The lowest BCUT2D eigenvalue weighted by molar-refractivity contribution is -0.0576. The van der Waals surface area contributed by atoms with Crippen molar-refractivity contribution in [1.82, 2.24) is 28.4 Å². The van der Waals surface area contributed by atoms with Crippen LogP contribution in [0, 0.1) is 0 Å². The van der Waals surface area contributed by atoms with Gasteiger partial charge in [0.05, 0.1) is 48.0 Å². The maximum absolute atomic E-state index is 12.7. The lowest BCUT2D eigenvalue weighted by Crippen LogP contribution is -2.51. The van der Waals surface area contributed by atoms with Gasteiger partial charge in [0.25, 0.3) is 17.7 Å². The Morgan fingerprint density at radius 3 is 1.16 bits per heavy atom. The number of likely N-dealkylation sites (N-methyl/N-ethyl adjacent to an activating group) is 3. The molecule has 332 valence electrons. The molecule has 2 unspecified atom stereocenters. The van der Waals surface area contributed by atoms with Crippen molar-refractivity contribution in [3.8, 4) is 17.2 Å². The lowest BCUT2D eigenvalue weighted by Gasteiger charge is -2.40. The Morgan fingerprint density at radius 1 is 0.574 bits per heavy atom. The van der Waals surface area contributed by atoms with E-state index in [1.54, 1.807) is 47.6 Å². The summed E-state index contributed by atoms with van der Waals surface area (Å²) >= 11 is 0. The number of hydrogen-bond donors (Lipinski definition) is 1. The topological polar surface area (TPSA) is 193 Å². The normalized spacial score (nSPS) is 23.7. The van der Waals surface area contributed by atoms with Crippen LogP contribution in [0.5, 0.6) is 17.2 Å². The van der Waals surface area contributed by atoms with Gasteiger partial charge in [0, 0.05) is 69.1 Å². The van der Waals surface area contributed by atoms with E-state index in [0.717, 1.165) is 49.2 Å². The van der Waals surface area contributed by atoms with Gasteiger partial charge in [0.2, 0.25) is 16.3 Å². The van der Waals surface area contributed by atoms with E-state index in [0.29, 0.717) is 37.4 Å². The van der Waals surface area contributed by atoms with Crippen LogP contribution < -0.4 is 30.5 Å².